The summed E-state index contributed by atoms with van der Waals surface area (Å²) < 4.78 is 11.2. The Bertz CT molecular complexity index is 1200. The SMILES string of the molecule is CC(C)(C)OC(=O)c1ccc(N2CCN(CCCOc3ccc(C(=O)NC4CCC(=O)NC4=O)nc3)CC2)nc1. The molecule has 1 unspecified atom stereocenters. The number of anilines is 1. The number of pyridine rings is 2. The van der Waals surface area contributed by atoms with Gasteiger partial charge in [0, 0.05) is 45.3 Å². The van der Waals surface area contributed by atoms with Crippen LogP contribution in [0.15, 0.2) is 36.7 Å². The molecule has 2 aliphatic heterocycles. The maximum absolute atomic E-state index is 12.4. The van der Waals surface area contributed by atoms with Gasteiger partial charge in [0.05, 0.1) is 18.4 Å². The van der Waals surface area contributed by atoms with Gasteiger partial charge in [-0.2, -0.15) is 0 Å². The lowest BCUT2D eigenvalue weighted by atomic mass is 10.1. The van der Waals surface area contributed by atoms with Gasteiger partial charge in [-0.3, -0.25) is 24.6 Å². The lowest BCUT2D eigenvalue weighted by Gasteiger charge is -2.35. The zero-order valence-corrected chi connectivity index (χ0v) is 23.1. The summed E-state index contributed by atoms with van der Waals surface area (Å²) in [7, 11) is 0. The second kappa shape index (κ2) is 12.9. The van der Waals surface area contributed by atoms with Gasteiger partial charge in [0.25, 0.3) is 5.91 Å². The third kappa shape index (κ3) is 8.22. The molecule has 12 heteroatoms. The van der Waals surface area contributed by atoms with Crippen LogP contribution in [0.25, 0.3) is 0 Å². The Balaban J connectivity index is 1.13. The predicted octanol–water partition coefficient (Wildman–Crippen LogP) is 1.56. The molecular weight excluding hydrogens is 516 g/mol. The number of hydrogen-bond acceptors (Lipinski definition) is 10. The zero-order valence-electron chi connectivity index (χ0n) is 23.1. The monoisotopic (exact) mass is 552 g/mol. The van der Waals surface area contributed by atoms with Gasteiger partial charge in [-0.25, -0.2) is 14.8 Å². The summed E-state index contributed by atoms with van der Waals surface area (Å²) in [5.74, 6) is -0.287. The van der Waals surface area contributed by atoms with Gasteiger partial charge in [0.2, 0.25) is 11.8 Å². The predicted molar refractivity (Wildman–Crippen MR) is 146 cm³/mol. The molecule has 12 nitrogen and oxygen atoms in total. The Kier molecular flexibility index (Phi) is 9.30. The minimum Gasteiger partial charge on any atom is -0.492 e. The fourth-order valence-corrected chi connectivity index (χ4v) is 4.37. The third-order valence-corrected chi connectivity index (χ3v) is 6.48. The van der Waals surface area contributed by atoms with Crippen LogP contribution in [0.2, 0.25) is 0 Å². The third-order valence-electron chi connectivity index (χ3n) is 6.48. The minimum atomic E-state index is -0.745. The number of piperidine rings is 1. The first-order chi connectivity index (χ1) is 19.1. The number of imide groups is 1. The molecule has 1 atom stereocenters. The van der Waals surface area contributed by atoms with Gasteiger partial charge in [-0.05, 0) is 57.9 Å². The van der Waals surface area contributed by atoms with Crippen LogP contribution in [0.5, 0.6) is 5.75 Å². The molecule has 0 aromatic carbocycles. The molecule has 0 radical (unpaired) electrons. The number of carbonyl (C=O) groups excluding carboxylic acids is 4. The summed E-state index contributed by atoms with van der Waals surface area (Å²) >= 11 is 0. The number of hydrogen-bond donors (Lipinski definition) is 2. The van der Waals surface area contributed by atoms with Crippen LogP contribution in [0, 0.1) is 0 Å². The first-order valence-electron chi connectivity index (χ1n) is 13.5. The molecule has 0 spiro atoms. The Hall–Kier alpha value is -4.06. The number of nitrogens with zero attached hydrogens (tertiary/aromatic N) is 4. The maximum Gasteiger partial charge on any atom is 0.340 e. The van der Waals surface area contributed by atoms with Gasteiger partial charge >= 0.3 is 5.97 Å². The molecule has 4 rings (SSSR count). The van der Waals surface area contributed by atoms with E-state index in [1.54, 1.807) is 24.4 Å². The molecular formula is C28H36N6O6. The Morgan fingerprint density at radius 3 is 2.45 bits per heavy atom. The molecule has 0 bridgehead atoms. The van der Waals surface area contributed by atoms with Crippen molar-refractivity contribution in [3.05, 3.63) is 47.9 Å². The highest BCUT2D eigenvalue weighted by Crippen LogP contribution is 2.17. The van der Waals surface area contributed by atoms with Crippen molar-refractivity contribution >= 4 is 29.5 Å². The second-order valence-corrected chi connectivity index (χ2v) is 10.8. The van der Waals surface area contributed by atoms with Crippen molar-refractivity contribution in [1.82, 2.24) is 25.5 Å². The second-order valence-electron chi connectivity index (χ2n) is 10.8. The first kappa shape index (κ1) is 28.9. The Morgan fingerprint density at radius 1 is 1.05 bits per heavy atom. The van der Waals surface area contributed by atoms with Crippen molar-refractivity contribution in [1.29, 1.82) is 0 Å². The highest BCUT2D eigenvalue weighted by molar-refractivity contribution is 6.03. The van der Waals surface area contributed by atoms with E-state index in [2.05, 4.69) is 30.4 Å². The number of aromatic nitrogens is 2. The van der Waals surface area contributed by atoms with Crippen molar-refractivity contribution in [2.45, 2.75) is 51.7 Å². The van der Waals surface area contributed by atoms with E-state index < -0.39 is 23.5 Å². The maximum atomic E-state index is 12.4. The van der Waals surface area contributed by atoms with E-state index in [0.717, 1.165) is 45.0 Å². The average molecular weight is 553 g/mol. The molecule has 40 heavy (non-hydrogen) atoms. The summed E-state index contributed by atoms with van der Waals surface area (Å²) in [6.45, 7) is 10.4. The zero-order chi connectivity index (χ0) is 28.7. The first-order valence-corrected chi connectivity index (χ1v) is 13.5. The van der Waals surface area contributed by atoms with Crippen molar-refractivity contribution in [3.63, 3.8) is 0 Å². The summed E-state index contributed by atoms with van der Waals surface area (Å²) in [5, 5.41) is 4.82. The van der Waals surface area contributed by atoms with E-state index in [4.69, 9.17) is 9.47 Å². The van der Waals surface area contributed by atoms with Gasteiger partial charge in [-0.15, -0.1) is 0 Å². The molecule has 2 saturated heterocycles. The molecule has 3 amide bonds. The topological polar surface area (TPSA) is 143 Å². The summed E-state index contributed by atoms with van der Waals surface area (Å²) in [4.78, 5) is 60.8. The standard InChI is InChI=1S/C28H36N6O6/c1-28(2,3)40-27(38)19-5-9-23(30-17-19)34-14-12-33(13-15-34)11-4-16-39-20-6-7-21(29-18-20)25(36)31-22-8-10-24(35)32-26(22)37/h5-7,9,17-18,22H,4,8,10-16H2,1-3H3,(H,31,36)(H,32,35,37). The average Bonchev–Trinajstić information content (AvgIpc) is 2.92. The Morgan fingerprint density at radius 2 is 1.82 bits per heavy atom. The van der Waals surface area contributed by atoms with E-state index >= 15 is 0 Å². The van der Waals surface area contributed by atoms with Crippen molar-refractivity contribution in [3.8, 4) is 5.75 Å². The molecule has 4 heterocycles. The summed E-state index contributed by atoms with van der Waals surface area (Å²) in [6.07, 6.45) is 4.35. The normalized spacial score (nSPS) is 18.2. The molecule has 2 aromatic rings. The molecule has 2 N–H and O–H groups in total. The lowest BCUT2D eigenvalue weighted by molar-refractivity contribution is -0.134. The fourth-order valence-electron chi connectivity index (χ4n) is 4.37. The molecule has 214 valence electrons. The Labute approximate surface area is 233 Å². The van der Waals surface area contributed by atoms with Crippen LogP contribution in [0.4, 0.5) is 5.82 Å². The molecule has 2 fully saturated rings. The minimum absolute atomic E-state index is 0.170. The largest absolute Gasteiger partial charge is 0.492 e. The van der Waals surface area contributed by atoms with Gasteiger partial charge in [0.1, 0.15) is 28.9 Å². The highest BCUT2D eigenvalue weighted by atomic mass is 16.6. The summed E-state index contributed by atoms with van der Waals surface area (Å²) in [6, 6.07) is 6.09. The number of rotatable bonds is 9. The number of amides is 3. The fraction of sp³-hybridized carbons (Fsp3) is 0.500. The number of nitrogens with one attached hydrogen (secondary N) is 2. The van der Waals surface area contributed by atoms with Crippen LogP contribution >= 0.6 is 0 Å². The van der Waals surface area contributed by atoms with E-state index in [9.17, 15) is 19.2 Å². The van der Waals surface area contributed by atoms with Crippen molar-refractivity contribution < 1.29 is 28.7 Å². The van der Waals surface area contributed by atoms with Crippen LogP contribution in [-0.2, 0) is 14.3 Å². The quantitative estimate of drug-likeness (QED) is 0.267. The van der Waals surface area contributed by atoms with Crippen LogP contribution in [0.3, 0.4) is 0 Å². The number of esters is 1. The van der Waals surface area contributed by atoms with Crippen molar-refractivity contribution in [2.75, 3.05) is 44.2 Å². The number of piperazine rings is 1. The summed E-state index contributed by atoms with van der Waals surface area (Å²) in [5.41, 5.74) is 0.0685. The van der Waals surface area contributed by atoms with Crippen LogP contribution in [0.1, 0.15) is 60.9 Å². The van der Waals surface area contributed by atoms with Gasteiger partial charge < -0.3 is 19.7 Å². The molecule has 2 aromatic heterocycles. The van der Waals surface area contributed by atoms with Gasteiger partial charge in [-0.1, -0.05) is 0 Å². The smallest absolute Gasteiger partial charge is 0.340 e. The van der Waals surface area contributed by atoms with E-state index in [1.807, 2.05) is 26.8 Å². The van der Waals surface area contributed by atoms with Gasteiger partial charge in [0.15, 0.2) is 0 Å². The number of carbonyl (C=O) groups is 4. The van der Waals surface area contributed by atoms with Crippen LogP contribution in [-0.4, -0.2) is 89.5 Å². The molecule has 0 saturated carbocycles. The molecule has 2 aliphatic rings. The van der Waals surface area contributed by atoms with E-state index in [1.165, 1.54) is 6.20 Å². The highest BCUT2D eigenvalue weighted by Gasteiger charge is 2.28. The lowest BCUT2D eigenvalue weighted by Crippen LogP contribution is -2.52. The van der Waals surface area contributed by atoms with Crippen molar-refractivity contribution in [2.24, 2.45) is 0 Å². The van der Waals surface area contributed by atoms with E-state index in [-0.39, 0.29) is 30.4 Å². The van der Waals surface area contributed by atoms with E-state index in [0.29, 0.717) is 17.9 Å². The molecule has 0 aliphatic carbocycles. The van der Waals surface area contributed by atoms with Crippen LogP contribution < -0.4 is 20.3 Å². The number of ether oxygens (including phenoxy) is 2.